The van der Waals surface area contributed by atoms with Crippen molar-refractivity contribution in [3.63, 3.8) is 0 Å². The zero-order valence-electron chi connectivity index (χ0n) is 47.9. The molecule has 0 saturated heterocycles. The summed E-state index contributed by atoms with van der Waals surface area (Å²) in [5.41, 5.74) is 11.7. The number of hydrogen-bond donors (Lipinski definition) is 5. The van der Waals surface area contributed by atoms with E-state index in [2.05, 4.69) is 170 Å². The number of allylic oxidation sites excluding steroid dienone is 24. The molecular weight excluding hydrogens is 951 g/mol. The second kappa shape index (κ2) is 52.5. The van der Waals surface area contributed by atoms with Crippen LogP contribution in [0.15, 0.2) is 170 Å². The maximum atomic E-state index is 14.0. The molecule has 0 aromatic heterocycles. The number of aryl methyl sites for hydroxylation is 2. The van der Waals surface area contributed by atoms with Crippen LogP contribution in [0.3, 0.4) is 0 Å². The lowest BCUT2D eigenvalue weighted by Gasteiger charge is -2.33. The molecule has 3 amide bonds. The van der Waals surface area contributed by atoms with Gasteiger partial charge in [0.1, 0.15) is 0 Å². The van der Waals surface area contributed by atoms with E-state index in [0.717, 1.165) is 128 Å². The molecule has 77 heavy (non-hydrogen) atoms. The van der Waals surface area contributed by atoms with Gasteiger partial charge >= 0.3 is 0 Å². The van der Waals surface area contributed by atoms with Crippen molar-refractivity contribution < 1.29 is 24.6 Å². The normalized spacial score (nSPS) is 13.4. The minimum absolute atomic E-state index is 0.0692. The second-order valence-corrected chi connectivity index (χ2v) is 20.2. The zero-order valence-corrected chi connectivity index (χ0v) is 47.9. The van der Waals surface area contributed by atoms with Gasteiger partial charge in [0, 0.05) is 18.8 Å². The molecule has 426 valence electrons. The van der Waals surface area contributed by atoms with Gasteiger partial charge in [0.2, 0.25) is 17.7 Å². The molecule has 0 aliphatic heterocycles. The number of amides is 3. The highest BCUT2D eigenvalue weighted by Gasteiger charge is 2.32. The number of hydrogen-bond acceptors (Lipinski definition) is 5. The summed E-state index contributed by atoms with van der Waals surface area (Å²) in [4.78, 5) is 35.5. The van der Waals surface area contributed by atoms with Crippen molar-refractivity contribution in [1.82, 2.24) is 5.32 Å². The molecule has 0 unspecified atom stereocenters. The molecule has 0 spiro atoms. The van der Waals surface area contributed by atoms with Gasteiger partial charge in [0.05, 0.1) is 18.8 Å². The van der Waals surface area contributed by atoms with Crippen molar-refractivity contribution in [2.45, 2.75) is 212 Å². The fourth-order valence-electron chi connectivity index (χ4n) is 8.42. The third kappa shape index (κ3) is 45.2. The molecule has 0 heterocycles. The average Bonchev–Trinajstić information content (AvgIpc) is 3.42. The summed E-state index contributed by atoms with van der Waals surface area (Å²) in [7, 11) is 0. The maximum absolute atomic E-state index is 14.0. The Morgan fingerprint density at radius 3 is 1.17 bits per heavy atom. The molecule has 0 bridgehead atoms. The summed E-state index contributed by atoms with van der Waals surface area (Å²) in [6, 6.07) is 8.73. The van der Waals surface area contributed by atoms with E-state index >= 15 is 0 Å². The van der Waals surface area contributed by atoms with E-state index in [-0.39, 0.29) is 36.9 Å². The Balaban J connectivity index is 2.59. The van der Waals surface area contributed by atoms with Crippen LogP contribution >= 0.6 is 0 Å². The number of benzene rings is 1. The molecule has 0 radical (unpaired) electrons. The number of carbonyl (C=O) groups excluding carboxylic acids is 3. The molecule has 1 aromatic rings. The smallest absolute Gasteiger partial charge is 0.223 e. The third-order valence-corrected chi connectivity index (χ3v) is 13.3. The standard InChI is InChI=1S/C69H105N3O5/c1-2-3-4-5-40-45-50-63-55-57-64(58-56-63)59-60-69(61-73,62-74)72-68(77)65(52-47-42-37-33-29-25-21-17-13-11-15-19-23-27-31-35-39-44-49-54-67(71)76)51-46-41-36-32-28-24-20-16-12-9-7-6-8-10-14-18-22-26-30-34-38-43-48-53-66(70)75/h6,8-9,12-15,17-20,24-27,29-31,37-39,42-44,55-58,65,73-74H,2-5,7,10-11,16,21-23,28,32-36,40-41,45-54,59-62H2,1H3,(H2,70,75)(H2,71,76)(H,72,77)/t65-/m0/s1. The first-order valence-corrected chi connectivity index (χ1v) is 29.7. The van der Waals surface area contributed by atoms with Crippen LogP contribution in [-0.4, -0.2) is 46.7 Å². The minimum Gasteiger partial charge on any atom is -0.394 e. The van der Waals surface area contributed by atoms with E-state index in [9.17, 15) is 24.6 Å². The molecular formula is C69H105N3O5. The minimum atomic E-state index is -1.08. The van der Waals surface area contributed by atoms with Gasteiger partial charge in [-0.05, 0) is 146 Å². The fraction of sp³-hybridized carbons (Fsp3) is 0.522. The summed E-state index contributed by atoms with van der Waals surface area (Å²) in [6.45, 7) is 1.63. The van der Waals surface area contributed by atoms with Gasteiger partial charge in [0.15, 0.2) is 0 Å². The Hall–Kier alpha value is -5.57. The van der Waals surface area contributed by atoms with Gasteiger partial charge in [0.25, 0.3) is 0 Å². The number of rotatable bonds is 50. The molecule has 0 aliphatic rings. The molecule has 7 N–H and O–H groups in total. The molecule has 8 heteroatoms. The van der Waals surface area contributed by atoms with Crippen molar-refractivity contribution in [3.05, 3.63) is 181 Å². The second-order valence-electron chi connectivity index (χ2n) is 20.2. The quantitative estimate of drug-likeness (QED) is 0.0325. The number of aliphatic hydroxyl groups excluding tert-OH is 2. The van der Waals surface area contributed by atoms with Crippen molar-refractivity contribution in [1.29, 1.82) is 0 Å². The zero-order chi connectivity index (χ0) is 55.8. The highest BCUT2D eigenvalue weighted by atomic mass is 16.3. The number of carbonyl (C=O) groups is 3. The van der Waals surface area contributed by atoms with Crippen LogP contribution in [0.25, 0.3) is 0 Å². The lowest BCUT2D eigenvalue weighted by Crippen LogP contribution is -2.56. The van der Waals surface area contributed by atoms with Crippen molar-refractivity contribution in [2.75, 3.05) is 13.2 Å². The Kier molecular flexibility index (Phi) is 47.3. The first-order valence-electron chi connectivity index (χ1n) is 29.7. The summed E-state index contributed by atoms with van der Waals surface area (Å²) in [5, 5.41) is 24.4. The molecule has 1 aromatic carbocycles. The molecule has 0 fully saturated rings. The molecule has 1 rings (SSSR count). The van der Waals surface area contributed by atoms with E-state index < -0.39 is 5.54 Å². The fourth-order valence-corrected chi connectivity index (χ4v) is 8.42. The van der Waals surface area contributed by atoms with Gasteiger partial charge < -0.3 is 27.0 Å². The number of primary amides is 2. The maximum Gasteiger partial charge on any atom is 0.223 e. The van der Waals surface area contributed by atoms with E-state index in [1.165, 1.54) is 44.1 Å². The number of nitrogens with one attached hydrogen (secondary N) is 1. The van der Waals surface area contributed by atoms with Gasteiger partial charge in [-0.25, -0.2) is 0 Å². The van der Waals surface area contributed by atoms with E-state index in [1.807, 2.05) is 12.2 Å². The molecule has 0 aliphatic carbocycles. The van der Waals surface area contributed by atoms with E-state index in [0.29, 0.717) is 38.5 Å². The number of nitrogens with two attached hydrogens (primary N) is 2. The summed E-state index contributed by atoms with van der Waals surface area (Å²) < 4.78 is 0. The predicted octanol–water partition coefficient (Wildman–Crippen LogP) is 16.2. The van der Waals surface area contributed by atoms with Crippen molar-refractivity contribution in [3.8, 4) is 0 Å². The highest BCUT2D eigenvalue weighted by molar-refractivity contribution is 5.79. The number of unbranched alkanes of at least 4 members (excludes halogenated alkanes) is 9. The largest absolute Gasteiger partial charge is 0.394 e. The Bertz CT molecular complexity index is 1990. The Morgan fingerprint density at radius 2 is 0.766 bits per heavy atom. The van der Waals surface area contributed by atoms with Crippen LogP contribution in [0.5, 0.6) is 0 Å². The Morgan fingerprint density at radius 1 is 0.429 bits per heavy atom. The average molecular weight is 1060 g/mol. The summed E-state index contributed by atoms with van der Waals surface area (Å²) in [6.07, 6.45) is 80.7. The van der Waals surface area contributed by atoms with Gasteiger partial charge in [-0.3, -0.25) is 14.4 Å². The van der Waals surface area contributed by atoms with Crippen molar-refractivity contribution in [2.24, 2.45) is 17.4 Å². The predicted molar refractivity (Wildman–Crippen MR) is 330 cm³/mol. The lowest BCUT2D eigenvalue weighted by molar-refractivity contribution is -0.129. The van der Waals surface area contributed by atoms with Crippen molar-refractivity contribution >= 4 is 17.7 Å². The summed E-state index contributed by atoms with van der Waals surface area (Å²) >= 11 is 0. The number of aliphatic hydroxyl groups is 2. The monoisotopic (exact) mass is 1060 g/mol. The van der Waals surface area contributed by atoms with Gasteiger partial charge in [-0.1, -0.05) is 228 Å². The first kappa shape index (κ1) is 69.4. The van der Waals surface area contributed by atoms with E-state index in [1.54, 1.807) is 0 Å². The van der Waals surface area contributed by atoms with Crippen LogP contribution in [0.4, 0.5) is 0 Å². The van der Waals surface area contributed by atoms with Crippen LogP contribution in [-0.2, 0) is 27.2 Å². The Labute approximate surface area is 468 Å². The molecule has 0 saturated carbocycles. The van der Waals surface area contributed by atoms with E-state index in [4.69, 9.17) is 11.5 Å². The first-order chi connectivity index (χ1) is 37.7. The molecule has 1 atom stereocenters. The topological polar surface area (TPSA) is 156 Å². The third-order valence-electron chi connectivity index (χ3n) is 13.3. The van der Waals surface area contributed by atoms with Crippen LogP contribution in [0, 0.1) is 5.92 Å². The molecule has 8 nitrogen and oxygen atoms in total. The van der Waals surface area contributed by atoms with Gasteiger partial charge in [-0.2, -0.15) is 0 Å². The summed E-state index contributed by atoms with van der Waals surface area (Å²) in [5.74, 6) is -0.787. The van der Waals surface area contributed by atoms with Crippen LogP contribution in [0.2, 0.25) is 0 Å². The SMILES string of the molecule is CCCCCCCCc1ccc(CCC(CO)(CO)NC(=O)[C@H](CCC=CCC=CCC=CCC=CCC=CCC=CCCC(N)=O)CCCCCCC=CCC=CCC=CCC=CCC=CCC=CCCC(N)=O)cc1. The van der Waals surface area contributed by atoms with Crippen LogP contribution < -0.4 is 16.8 Å². The van der Waals surface area contributed by atoms with Gasteiger partial charge in [-0.15, -0.1) is 0 Å². The lowest BCUT2D eigenvalue weighted by atomic mass is 9.89. The highest BCUT2D eigenvalue weighted by Crippen LogP contribution is 2.22. The van der Waals surface area contributed by atoms with Crippen LogP contribution in [0.1, 0.15) is 204 Å².